The molecule has 1 aromatic carbocycles. The molecule has 0 amide bonds. The number of ether oxygens (including phenoxy) is 1. The molecule has 1 fully saturated rings. The van der Waals surface area contributed by atoms with Crippen LogP contribution in [0.4, 0.5) is 0 Å². The zero-order chi connectivity index (χ0) is 17.4. The van der Waals surface area contributed by atoms with E-state index in [1.165, 1.54) is 6.42 Å². The van der Waals surface area contributed by atoms with Crippen molar-refractivity contribution >= 4 is 18.4 Å². The number of nitrogens with zero attached hydrogens (tertiary/aromatic N) is 1. The van der Waals surface area contributed by atoms with Crippen LogP contribution in [-0.2, 0) is 15.1 Å². The number of benzene rings is 1. The molecule has 142 valence electrons. The molecule has 1 aromatic rings. The van der Waals surface area contributed by atoms with Crippen LogP contribution in [0.25, 0.3) is 0 Å². The SMILES string of the molecule is CCN(CC)CCOC(=O)C(O)(c1ccccc1)C1CCCCC1.Cl. The van der Waals surface area contributed by atoms with Gasteiger partial charge in [0.25, 0.3) is 0 Å². The maximum atomic E-state index is 12.8. The summed E-state index contributed by atoms with van der Waals surface area (Å²) in [7, 11) is 0. The second kappa shape index (κ2) is 10.8. The van der Waals surface area contributed by atoms with Gasteiger partial charge in [0.05, 0.1) is 0 Å². The monoisotopic (exact) mass is 369 g/mol. The molecule has 0 aliphatic heterocycles. The summed E-state index contributed by atoms with van der Waals surface area (Å²) in [5.74, 6) is -0.553. The number of carbonyl (C=O) groups is 1. The molecule has 2 rings (SSSR count). The molecule has 25 heavy (non-hydrogen) atoms. The summed E-state index contributed by atoms with van der Waals surface area (Å²) < 4.78 is 5.52. The van der Waals surface area contributed by atoms with Gasteiger partial charge in [0, 0.05) is 12.5 Å². The van der Waals surface area contributed by atoms with Gasteiger partial charge in [-0.1, -0.05) is 63.4 Å². The molecule has 0 aromatic heterocycles. The molecule has 0 spiro atoms. The van der Waals surface area contributed by atoms with Crippen molar-refractivity contribution in [3.63, 3.8) is 0 Å². The van der Waals surface area contributed by atoms with Crippen molar-refractivity contribution in [1.82, 2.24) is 4.90 Å². The van der Waals surface area contributed by atoms with E-state index in [1.807, 2.05) is 30.3 Å². The molecule has 5 heteroatoms. The Morgan fingerprint density at radius 3 is 2.32 bits per heavy atom. The van der Waals surface area contributed by atoms with Crippen molar-refractivity contribution in [1.29, 1.82) is 0 Å². The summed E-state index contributed by atoms with van der Waals surface area (Å²) in [4.78, 5) is 15.0. The average Bonchev–Trinajstić information content (AvgIpc) is 2.65. The fourth-order valence-corrected chi connectivity index (χ4v) is 3.65. The van der Waals surface area contributed by atoms with E-state index >= 15 is 0 Å². The molecule has 4 nitrogen and oxygen atoms in total. The number of hydrogen-bond donors (Lipinski definition) is 1. The van der Waals surface area contributed by atoms with Crippen molar-refractivity contribution in [2.24, 2.45) is 5.92 Å². The number of carbonyl (C=O) groups excluding carboxylic acids is 1. The summed E-state index contributed by atoms with van der Waals surface area (Å²) >= 11 is 0. The Kier molecular flexibility index (Phi) is 9.47. The first-order chi connectivity index (χ1) is 11.6. The minimum atomic E-state index is -1.52. The van der Waals surface area contributed by atoms with Gasteiger partial charge in [-0.2, -0.15) is 0 Å². The van der Waals surface area contributed by atoms with Gasteiger partial charge in [-0.15, -0.1) is 12.4 Å². The molecular weight excluding hydrogens is 338 g/mol. The van der Waals surface area contributed by atoms with Crippen molar-refractivity contribution < 1.29 is 14.6 Å². The van der Waals surface area contributed by atoms with Crippen molar-refractivity contribution in [3.8, 4) is 0 Å². The first-order valence-corrected chi connectivity index (χ1v) is 9.30. The average molecular weight is 370 g/mol. The second-order valence-electron chi connectivity index (χ2n) is 6.63. The standard InChI is InChI=1S/C20H31NO3.ClH/c1-3-21(4-2)15-16-24-19(22)20(23,17-11-7-5-8-12-17)18-13-9-6-10-14-18;/h5,7-8,11-12,18,23H,3-4,6,9-10,13-16H2,1-2H3;1H. The van der Waals surface area contributed by atoms with E-state index in [0.717, 1.165) is 38.8 Å². The Morgan fingerprint density at radius 1 is 1.16 bits per heavy atom. The van der Waals surface area contributed by atoms with Crippen LogP contribution < -0.4 is 0 Å². The molecule has 1 aliphatic carbocycles. The van der Waals surface area contributed by atoms with Gasteiger partial charge in [0.15, 0.2) is 5.60 Å². The molecular formula is C20H32ClNO3. The first-order valence-electron chi connectivity index (χ1n) is 9.30. The number of aliphatic hydroxyl groups is 1. The smallest absolute Gasteiger partial charge is 0.343 e. The van der Waals surface area contributed by atoms with E-state index in [9.17, 15) is 9.90 Å². The highest BCUT2D eigenvalue weighted by Crippen LogP contribution is 2.40. The highest BCUT2D eigenvalue weighted by Gasteiger charge is 2.47. The highest BCUT2D eigenvalue weighted by molar-refractivity contribution is 5.85. The Bertz CT molecular complexity index is 501. The molecule has 1 aliphatic rings. The fraction of sp³-hybridized carbons (Fsp3) is 0.650. The van der Waals surface area contributed by atoms with Crippen molar-refractivity contribution in [3.05, 3.63) is 35.9 Å². The zero-order valence-corrected chi connectivity index (χ0v) is 16.3. The molecule has 1 N–H and O–H groups in total. The lowest BCUT2D eigenvalue weighted by Crippen LogP contribution is -2.45. The van der Waals surface area contributed by atoms with E-state index in [-0.39, 0.29) is 18.3 Å². The summed E-state index contributed by atoms with van der Waals surface area (Å²) in [6, 6.07) is 9.30. The quantitative estimate of drug-likeness (QED) is 0.709. The Balaban J connectivity index is 0.00000312. The number of likely N-dealkylation sites (N-methyl/N-ethyl adjacent to an activating group) is 1. The van der Waals surface area contributed by atoms with Crippen LogP contribution in [0.2, 0.25) is 0 Å². The van der Waals surface area contributed by atoms with Gasteiger partial charge in [-0.3, -0.25) is 0 Å². The minimum absolute atomic E-state index is 0. The van der Waals surface area contributed by atoms with Crippen LogP contribution in [-0.4, -0.2) is 42.2 Å². The molecule has 1 atom stereocenters. The number of rotatable bonds is 8. The Labute approximate surface area is 158 Å². The van der Waals surface area contributed by atoms with Gasteiger partial charge < -0.3 is 14.7 Å². The summed E-state index contributed by atoms with van der Waals surface area (Å²) in [5, 5.41) is 11.4. The summed E-state index contributed by atoms with van der Waals surface area (Å²) in [5.41, 5.74) is -0.866. The summed E-state index contributed by atoms with van der Waals surface area (Å²) in [6.07, 6.45) is 5.05. The molecule has 0 radical (unpaired) electrons. The second-order valence-corrected chi connectivity index (χ2v) is 6.63. The lowest BCUT2D eigenvalue weighted by Gasteiger charge is -2.36. The summed E-state index contributed by atoms with van der Waals surface area (Å²) in [6.45, 7) is 7.07. The van der Waals surface area contributed by atoms with Crippen molar-refractivity contribution in [2.75, 3.05) is 26.2 Å². The van der Waals surface area contributed by atoms with Gasteiger partial charge >= 0.3 is 5.97 Å². The Hall–Kier alpha value is -1.10. The third-order valence-electron chi connectivity index (χ3n) is 5.26. The molecule has 0 bridgehead atoms. The largest absolute Gasteiger partial charge is 0.462 e. The molecule has 1 unspecified atom stereocenters. The third-order valence-corrected chi connectivity index (χ3v) is 5.26. The van der Waals surface area contributed by atoms with Crippen LogP contribution >= 0.6 is 12.4 Å². The van der Waals surface area contributed by atoms with Crippen LogP contribution in [0.5, 0.6) is 0 Å². The number of halogens is 1. The maximum absolute atomic E-state index is 12.8. The van der Waals surface area contributed by atoms with E-state index < -0.39 is 11.6 Å². The van der Waals surface area contributed by atoms with E-state index in [1.54, 1.807) is 0 Å². The first kappa shape index (κ1) is 21.9. The van der Waals surface area contributed by atoms with Gasteiger partial charge in [-0.05, 0) is 31.5 Å². The van der Waals surface area contributed by atoms with Crippen molar-refractivity contribution in [2.45, 2.75) is 51.6 Å². The zero-order valence-electron chi connectivity index (χ0n) is 15.4. The lowest BCUT2D eigenvalue weighted by molar-refractivity contribution is -0.176. The van der Waals surface area contributed by atoms with E-state index in [4.69, 9.17) is 4.74 Å². The predicted octanol–water partition coefficient (Wildman–Crippen LogP) is 3.76. The van der Waals surface area contributed by atoms with Crippen LogP contribution in [0.3, 0.4) is 0 Å². The fourth-order valence-electron chi connectivity index (χ4n) is 3.65. The van der Waals surface area contributed by atoms with Crippen LogP contribution in [0.1, 0.15) is 51.5 Å². The Morgan fingerprint density at radius 2 is 1.76 bits per heavy atom. The molecule has 0 heterocycles. The topological polar surface area (TPSA) is 49.8 Å². The van der Waals surface area contributed by atoms with Gasteiger partial charge in [-0.25, -0.2) is 4.79 Å². The van der Waals surface area contributed by atoms with E-state index in [2.05, 4.69) is 18.7 Å². The van der Waals surface area contributed by atoms with Crippen LogP contribution in [0, 0.1) is 5.92 Å². The lowest BCUT2D eigenvalue weighted by atomic mass is 9.73. The van der Waals surface area contributed by atoms with Gasteiger partial charge in [0.2, 0.25) is 0 Å². The molecule has 0 saturated heterocycles. The number of hydrogen-bond acceptors (Lipinski definition) is 4. The molecule has 1 saturated carbocycles. The van der Waals surface area contributed by atoms with Crippen LogP contribution in [0.15, 0.2) is 30.3 Å². The highest BCUT2D eigenvalue weighted by atomic mass is 35.5. The number of esters is 1. The maximum Gasteiger partial charge on any atom is 0.343 e. The predicted molar refractivity (Wildman–Crippen MR) is 103 cm³/mol. The van der Waals surface area contributed by atoms with Gasteiger partial charge in [0.1, 0.15) is 6.61 Å². The minimum Gasteiger partial charge on any atom is -0.462 e. The normalized spacial score (nSPS) is 17.6. The third kappa shape index (κ3) is 5.44. The van der Waals surface area contributed by atoms with E-state index in [0.29, 0.717) is 18.7 Å².